The molecule has 0 unspecified atom stereocenters. The first kappa shape index (κ1) is 25.7. The number of benzene rings is 2. The molecule has 2 aliphatic heterocycles. The first-order chi connectivity index (χ1) is 17.8. The van der Waals surface area contributed by atoms with Crippen LogP contribution >= 0.6 is 11.6 Å². The maximum atomic E-state index is 14.0. The minimum Gasteiger partial charge on any atom is -0.468 e. The zero-order valence-corrected chi connectivity index (χ0v) is 22.0. The van der Waals surface area contributed by atoms with Gasteiger partial charge in [0.05, 0.1) is 30.9 Å². The minimum atomic E-state index is -4.10. The number of carbonyl (C=O) groups excluding carboxylic acids is 2. The Hall–Kier alpha value is -2.92. The molecule has 2 saturated heterocycles. The Morgan fingerprint density at radius 1 is 1.11 bits per heavy atom. The fourth-order valence-electron chi connectivity index (χ4n) is 4.93. The second-order valence-electron chi connectivity index (χ2n) is 9.23. The Morgan fingerprint density at radius 3 is 2.57 bits per heavy atom. The number of amides is 2. The highest BCUT2D eigenvalue weighted by atomic mass is 35.5. The van der Waals surface area contributed by atoms with Gasteiger partial charge in [-0.1, -0.05) is 23.7 Å². The van der Waals surface area contributed by atoms with Crippen LogP contribution in [0.3, 0.4) is 0 Å². The van der Waals surface area contributed by atoms with Crippen LogP contribution in [0.25, 0.3) is 10.8 Å². The molecule has 2 aromatic carbocycles. The highest BCUT2D eigenvalue weighted by Gasteiger charge is 2.45. The zero-order valence-electron chi connectivity index (χ0n) is 20.4. The van der Waals surface area contributed by atoms with Crippen LogP contribution in [0.1, 0.15) is 19.1 Å². The number of hydrogen-bond acceptors (Lipinski definition) is 6. The van der Waals surface area contributed by atoms with Crippen molar-refractivity contribution in [2.75, 3.05) is 32.8 Å². The molecule has 2 fully saturated rings. The molecule has 3 aromatic rings. The van der Waals surface area contributed by atoms with E-state index in [9.17, 15) is 18.0 Å². The van der Waals surface area contributed by atoms with Crippen molar-refractivity contribution in [2.24, 2.45) is 0 Å². The van der Waals surface area contributed by atoms with Gasteiger partial charge in [-0.3, -0.25) is 9.59 Å². The second-order valence-corrected chi connectivity index (χ2v) is 11.6. The molecule has 2 aliphatic rings. The number of nitrogens with zero attached hydrogens (tertiary/aromatic N) is 3. The normalized spacial score (nSPS) is 19.6. The molecule has 2 amide bonds. The highest BCUT2D eigenvalue weighted by Crippen LogP contribution is 2.30. The number of ether oxygens (including phenoxy) is 1. The second kappa shape index (κ2) is 10.4. The lowest BCUT2D eigenvalue weighted by molar-refractivity contribution is -0.146. The van der Waals surface area contributed by atoms with Crippen molar-refractivity contribution in [1.29, 1.82) is 0 Å². The van der Waals surface area contributed by atoms with Gasteiger partial charge in [0.2, 0.25) is 21.8 Å². The van der Waals surface area contributed by atoms with Crippen molar-refractivity contribution in [1.82, 2.24) is 14.1 Å². The predicted octanol–water partition coefficient (Wildman–Crippen LogP) is 3.13. The number of rotatable bonds is 7. The van der Waals surface area contributed by atoms with Gasteiger partial charge < -0.3 is 19.0 Å². The van der Waals surface area contributed by atoms with E-state index in [2.05, 4.69) is 0 Å². The summed E-state index contributed by atoms with van der Waals surface area (Å²) in [6.45, 7) is 3.73. The molecular weight excluding hydrogens is 518 g/mol. The van der Waals surface area contributed by atoms with Gasteiger partial charge in [-0.25, -0.2) is 8.42 Å². The molecule has 11 heteroatoms. The summed E-state index contributed by atoms with van der Waals surface area (Å²) in [6, 6.07) is 11.7. The fourth-order valence-corrected chi connectivity index (χ4v) is 6.72. The topological polar surface area (TPSA) is 100 Å². The SMILES string of the molecule is C[C@@H](C(=O)N1CCOCC1)N1CC[C@H](N(Cc2ccco2)S(=O)(=O)c2ccc3cc(Cl)ccc3c2)C1=O. The van der Waals surface area contributed by atoms with E-state index in [1.807, 2.05) is 0 Å². The molecule has 9 nitrogen and oxygen atoms in total. The molecule has 3 heterocycles. The Kier molecular flexibility index (Phi) is 7.26. The summed E-state index contributed by atoms with van der Waals surface area (Å²) in [5.41, 5.74) is 0. The number of likely N-dealkylation sites (tertiary alicyclic amines) is 1. The molecule has 1 aromatic heterocycles. The first-order valence-electron chi connectivity index (χ1n) is 12.2. The molecule has 0 aliphatic carbocycles. The van der Waals surface area contributed by atoms with Crippen LogP contribution in [0.5, 0.6) is 0 Å². The van der Waals surface area contributed by atoms with Crippen molar-refractivity contribution in [3.05, 3.63) is 65.6 Å². The molecule has 196 valence electrons. The average Bonchev–Trinajstić information content (AvgIpc) is 3.56. The minimum absolute atomic E-state index is 0.0672. The number of morpholine rings is 1. The van der Waals surface area contributed by atoms with Crippen LogP contribution < -0.4 is 0 Å². The Bertz CT molecular complexity index is 1400. The Balaban J connectivity index is 1.44. The number of carbonyl (C=O) groups is 2. The number of fused-ring (bicyclic) bond motifs is 1. The van der Waals surface area contributed by atoms with Gasteiger partial charge in [0, 0.05) is 24.7 Å². The molecule has 37 heavy (non-hydrogen) atoms. The van der Waals surface area contributed by atoms with Crippen LogP contribution in [0.4, 0.5) is 0 Å². The summed E-state index contributed by atoms with van der Waals surface area (Å²) >= 11 is 6.08. The van der Waals surface area contributed by atoms with Crippen LogP contribution in [0.2, 0.25) is 5.02 Å². The van der Waals surface area contributed by atoms with Gasteiger partial charge in [0.15, 0.2) is 0 Å². The van der Waals surface area contributed by atoms with Crippen molar-refractivity contribution in [3.63, 3.8) is 0 Å². The molecule has 0 N–H and O–H groups in total. The van der Waals surface area contributed by atoms with Crippen LogP contribution in [-0.4, -0.2) is 79.3 Å². The highest BCUT2D eigenvalue weighted by molar-refractivity contribution is 7.89. The van der Waals surface area contributed by atoms with E-state index in [1.165, 1.54) is 21.5 Å². The van der Waals surface area contributed by atoms with Gasteiger partial charge in [-0.2, -0.15) is 4.31 Å². The smallest absolute Gasteiger partial charge is 0.245 e. The summed E-state index contributed by atoms with van der Waals surface area (Å²) in [5.74, 6) is -0.136. The van der Waals surface area contributed by atoms with E-state index in [1.54, 1.807) is 54.3 Å². The standard InChI is InChI=1S/C26H28ClN3O6S/c1-18(25(31)28-10-13-35-14-11-28)29-9-8-24(26(29)32)30(17-22-3-2-12-36-22)37(33,34)23-7-5-19-15-21(27)6-4-20(19)16-23/h2-7,12,15-16,18,24H,8-11,13-14,17H2,1H3/t18-,24-/m0/s1. The van der Waals surface area contributed by atoms with Gasteiger partial charge >= 0.3 is 0 Å². The number of sulfonamides is 1. The van der Waals surface area contributed by atoms with E-state index in [0.29, 0.717) is 42.5 Å². The molecule has 2 atom stereocenters. The third-order valence-corrected chi connectivity index (χ3v) is 9.06. The Morgan fingerprint density at radius 2 is 1.84 bits per heavy atom. The van der Waals surface area contributed by atoms with Crippen LogP contribution in [-0.2, 0) is 30.9 Å². The summed E-state index contributed by atoms with van der Waals surface area (Å²) in [7, 11) is -4.10. The number of halogens is 1. The van der Waals surface area contributed by atoms with Crippen molar-refractivity contribution in [2.45, 2.75) is 36.9 Å². The maximum Gasteiger partial charge on any atom is 0.245 e. The molecule has 0 spiro atoms. The van der Waals surface area contributed by atoms with Gasteiger partial charge in [0.25, 0.3) is 0 Å². The largest absolute Gasteiger partial charge is 0.468 e. The van der Waals surface area contributed by atoms with E-state index in [4.69, 9.17) is 20.8 Å². The van der Waals surface area contributed by atoms with Crippen LogP contribution in [0.15, 0.2) is 64.1 Å². The summed E-state index contributed by atoms with van der Waals surface area (Å²) in [4.78, 5) is 29.9. The molecule has 0 saturated carbocycles. The zero-order chi connectivity index (χ0) is 26.2. The van der Waals surface area contributed by atoms with E-state index < -0.39 is 28.0 Å². The van der Waals surface area contributed by atoms with Gasteiger partial charge in [0.1, 0.15) is 17.8 Å². The average molecular weight is 546 g/mol. The molecule has 0 radical (unpaired) electrons. The summed E-state index contributed by atoms with van der Waals surface area (Å²) in [5, 5.41) is 2.08. The van der Waals surface area contributed by atoms with Crippen LogP contribution in [0, 0.1) is 0 Å². The lowest BCUT2D eigenvalue weighted by Gasteiger charge is -2.33. The molecule has 0 bridgehead atoms. The van der Waals surface area contributed by atoms with Gasteiger partial charge in [-0.15, -0.1) is 0 Å². The fraction of sp³-hybridized carbons (Fsp3) is 0.385. The Labute approximate surface area is 220 Å². The lowest BCUT2D eigenvalue weighted by Crippen LogP contribution is -2.53. The van der Waals surface area contributed by atoms with E-state index in [0.717, 1.165) is 5.39 Å². The van der Waals surface area contributed by atoms with Crippen molar-refractivity contribution >= 4 is 44.2 Å². The van der Waals surface area contributed by atoms with E-state index in [-0.39, 0.29) is 30.3 Å². The lowest BCUT2D eigenvalue weighted by atomic mass is 10.1. The predicted molar refractivity (Wildman–Crippen MR) is 137 cm³/mol. The third-order valence-electron chi connectivity index (χ3n) is 6.98. The van der Waals surface area contributed by atoms with Gasteiger partial charge in [-0.05, 0) is 60.5 Å². The monoisotopic (exact) mass is 545 g/mol. The summed E-state index contributed by atoms with van der Waals surface area (Å²) in [6.07, 6.45) is 1.73. The first-order valence-corrected chi connectivity index (χ1v) is 14.0. The maximum absolute atomic E-state index is 14.0. The number of hydrogen-bond donors (Lipinski definition) is 0. The summed E-state index contributed by atoms with van der Waals surface area (Å²) < 4.78 is 39.9. The third kappa shape index (κ3) is 5.11. The van der Waals surface area contributed by atoms with Crippen molar-refractivity contribution in [3.8, 4) is 0 Å². The quantitative estimate of drug-likeness (QED) is 0.452. The molecule has 5 rings (SSSR count). The van der Waals surface area contributed by atoms with E-state index >= 15 is 0 Å². The number of furan rings is 1. The molecular formula is C26H28ClN3O6S. The van der Waals surface area contributed by atoms with Crippen molar-refractivity contribution < 1.29 is 27.2 Å².